The third kappa shape index (κ3) is 29.9. The second kappa shape index (κ2) is 44.4. The third-order valence-corrected chi connectivity index (χ3v) is 8.71. The first-order chi connectivity index (χ1) is 27.1. The molecule has 0 atom stereocenters. The van der Waals surface area contributed by atoms with Crippen LogP contribution in [0.15, 0.2) is 60.7 Å². The van der Waals surface area contributed by atoms with Crippen LogP contribution >= 0.6 is 0 Å². The van der Waals surface area contributed by atoms with Crippen LogP contribution in [0.2, 0.25) is 0 Å². The smallest absolute Gasteiger partial charge is 0.119 e. The molecule has 1 aliphatic rings. The maximum Gasteiger partial charge on any atom is 0.119 e. The Hall–Kier alpha value is -3.28. The zero-order valence-electron chi connectivity index (χ0n) is 39.8. The molecule has 4 rings (SSSR count). The van der Waals surface area contributed by atoms with Gasteiger partial charge in [-0.25, -0.2) is 0 Å². The molecule has 1 saturated carbocycles. The quantitative estimate of drug-likeness (QED) is 0.138. The molecule has 0 bridgehead atoms. The molecule has 0 aromatic heterocycles. The van der Waals surface area contributed by atoms with Crippen molar-refractivity contribution in [1.29, 1.82) is 0 Å². The summed E-state index contributed by atoms with van der Waals surface area (Å²) in [4.78, 5) is 0. The van der Waals surface area contributed by atoms with Crippen LogP contribution in [0, 0.1) is 33.6 Å². The van der Waals surface area contributed by atoms with Crippen molar-refractivity contribution in [3.05, 3.63) is 94.1 Å². The molecule has 2 nitrogen and oxygen atoms in total. The Morgan fingerprint density at radius 3 is 1.57 bits per heavy atom. The second-order valence-electron chi connectivity index (χ2n) is 14.1. The lowest BCUT2D eigenvalue weighted by atomic mass is 9.90. The van der Waals surface area contributed by atoms with Crippen molar-refractivity contribution in [2.45, 2.75) is 200 Å². The predicted octanol–water partition coefficient (Wildman–Crippen LogP) is 17.3. The van der Waals surface area contributed by atoms with E-state index in [4.69, 9.17) is 9.84 Å². The summed E-state index contributed by atoms with van der Waals surface area (Å²) < 4.78 is 5.98. The lowest BCUT2D eigenvalue weighted by Crippen LogP contribution is -2.00. The Bertz CT molecular complexity index is 1280. The normalized spacial score (nSPS) is 10.6. The Balaban J connectivity index is -0.000000354. The molecule has 1 N–H and O–H groups in total. The van der Waals surface area contributed by atoms with Crippen molar-refractivity contribution < 1.29 is 9.84 Å². The van der Waals surface area contributed by atoms with Gasteiger partial charge in [-0.05, 0) is 109 Å². The van der Waals surface area contributed by atoms with E-state index in [2.05, 4.69) is 151 Å². The predicted molar refractivity (Wildman–Crippen MR) is 258 cm³/mol. The summed E-state index contributed by atoms with van der Waals surface area (Å²) in [6, 6.07) is 19.6. The first-order valence-corrected chi connectivity index (χ1v) is 22.6. The molecule has 0 amide bonds. The fourth-order valence-corrected chi connectivity index (χ4v) is 5.22. The van der Waals surface area contributed by atoms with Gasteiger partial charge in [0, 0.05) is 0 Å². The summed E-state index contributed by atoms with van der Waals surface area (Å²) in [5.41, 5.74) is 11.9. The number of rotatable bonds is 13. The van der Waals surface area contributed by atoms with Gasteiger partial charge in [-0.2, -0.15) is 0 Å². The molecule has 56 heavy (non-hydrogen) atoms. The topological polar surface area (TPSA) is 29.5 Å². The highest BCUT2D eigenvalue weighted by Crippen LogP contribution is 2.34. The number of hydrogen-bond donors (Lipinski definition) is 1. The Kier molecular flexibility index (Phi) is 47.1. The zero-order chi connectivity index (χ0) is 43.6. The van der Waals surface area contributed by atoms with E-state index >= 15 is 0 Å². The lowest BCUT2D eigenvalue weighted by molar-refractivity contribution is 0.305. The van der Waals surface area contributed by atoms with E-state index in [1.165, 1.54) is 122 Å². The summed E-state index contributed by atoms with van der Waals surface area (Å²) in [6.45, 7) is 33.1. The number of hydrogen-bond acceptors (Lipinski definition) is 2. The Morgan fingerprint density at radius 2 is 1.18 bits per heavy atom. The van der Waals surface area contributed by atoms with Gasteiger partial charge in [0.05, 0.1) is 13.2 Å². The molecule has 0 radical (unpaired) electrons. The lowest BCUT2D eigenvalue weighted by Gasteiger charge is -2.17. The molecule has 0 heterocycles. The van der Waals surface area contributed by atoms with Gasteiger partial charge >= 0.3 is 0 Å². The second-order valence-corrected chi connectivity index (χ2v) is 14.1. The molecule has 0 saturated heterocycles. The highest BCUT2D eigenvalue weighted by Gasteiger charge is 2.12. The summed E-state index contributed by atoms with van der Waals surface area (Å²) in [7, 11) is 0. The van der Waals surface area contributed by atoms with Crippen molar-refractivity contribution in [3.8, 4) is 29.7 Å². The van der Waals surface area contributed by atoms with E-state index in [0.717, 1.165) is 37.2 Å². The average Bonchev–Trinajstić information content (AvgIpc) is 3.17. The van der Waals surface area contributed by atoms with Gasteiger partial charge in [-0.3, -0.25) is 0 Å². The fourth-order valence-electron chi connectivity index (χ4n) is 5.22. The number of terminal acetylenes is 1. The number of aryl methyl sites for hydroxylation is 4. The number of allylic oxidation sites excluding steroid dienone is 1. The standard InChI is InChI=1S/C23H32O.C13H18O.C4H8.C4H10.2C3H8.C2H6.C2H2/c1-6-8-9-10-14-24-21-15-17(3)23(18(4)16-21)22-13-11-12-20(7-2)19(22)5;1-3-4-12-5-7-13(8-6-12)11(2)9-10-14;1-2-4-3-1;1-3-4-2;2*1-3-2;2*1-2/h11-13,15-16H,6-10,14H2,1-5H3;5-9,14H,3-4,10H2,1-2H3;1-4H2;3-4H2,1-2H3;2*3H2,1-2H3;1-2H3;1-2H/b;11-9+;;;;;;. The van der Waals surface area contributed by atoms with Gasteiger partial charge in [-0.15, -0.1) is 12.8 Å². The molecule has 3 aromatic rings. The molecule has 1 aliphatic carbocycles. The molecular weight excluding hydrogens is 681 g/mol. The van der Waals surface area contributed by atoms with Gasteiger partial charge in [0.2, 0.25) is 0 Å². The Labute approximate surface area is 351 Å². The van der Waals surface area contributed by atoms with Crippen LogP contribution in [-0.4, -0.2) is 18.3 Å². The van der Waals surface area contributed by atoms with Crippen LogP contribution in [0.1, 0.15) is 200 Å². The number of benzene rings is 3. The minimum Gasteiger partial charge on any atom is -0.494 e. The molecule has 3 aromatic carbocycles. The maximum atomic E-state index is 8.76. The van der Waals surface area contributed by atoms with Crippen LogP contribution < -0.4 is 4.74 Å². The zero-order valence-corrected chi connectivity index (χ0v) is 39.8. The fraction of sp³-hybridized carbons (Fsp3) is 0.593. The van der Waals surface area contributed by atoms with Gasteiger partial charge in [0.1, 0.15) is 5.75 Å². The van der Waals surface area contributed by atoms with Crippen molar-refractivity contribution in [3.63, 3.8) is 0 Å². The van der Waals surface area contributed by atoms with Crippen molar-refractivity contribution in [2.75, 3.05) is 13.2 Å². The van der Waals surface area contributed by atoms with Crippen LogP contribution in [0.3, 0.4) is 0 Å². The number of aliphatic hydroxyl groups is 1. The van der Waals surface area contributed by atoms with E-state index in [0.29, 0.717) is 0 Å². The minimum atomic E-state index is 0.114. The van der Waals surface area contributed by atoms with Gasteiger partial charge in [0.25, 0.3) is 0 Å². The van der Waals surface area contributed by atoms with E-state index < -0.39 is 0 Å². The molecule has 320 valence electrons. The maximum absolute atomic E-state index is 8.76. The first kappa shape index (κ1) is 59.4. The number of ether oxygens (including phenoxy) is 1. The van der Waals surface area contributed by atoms with Crippen molar-refractivity contribution in [1.82, 2.24) is 0 Å². The van der Waals surface area contributed by atoms with Gasteiger partial charge in [-0.1, -0.05) is 202 Å². The Morgan fingerprint density at radius 1 is 0.679 bits per heavy atom. The monoisotopic (exact) mass is 773 g/mol. The van der Waals surface area contributed by atoms with Gasteiger partial charge < -0.3 is 9.84 Å². The van der Waals surface area contributed by atoms with Crippen LogP contribution in [-0.2, 0) is 12.8 Å². The van der Waals surface area contributed by atoms with Crippen molar-refractivity contribution in [2.24, 2.45) is 0 Å². The van der Waals surface area contributed by atoms with Crippen LogP contribution in [0.5, 0.6) is 5.75 Å². The third-order valence-electron chi connectivity index (χ3n) is 8.71. The molecular formula is C54H92O2. The minimum absolute atomic E-state index is 0.114. The van der Waals surface area contributed by atoms with E-state index in [1.807, 2.05) is 26.8 Å². The summed E-state index contributed by atoms with van der Waals surface area (Å²) in [5, 5.41) is 8.76. The van der Waals surface area contributed by atoms with E-state index in [9.17, 15) is 0 Å². The van der Waals surface area contributed by atoms with E-state index in [-0.39, 0.29) is 6.61 Å². The number of unbranched alkanes of at least 4 members (excludes halogenated alkanes) is 4. The molecule has 1 fully saturated rings. The summed E-state index contributed by atoms with van der Waals surface area (Å²) >= 11 is 0. The summed E-state index contributed by atoms with van der Waals surface area (Å²) in [5.74, 6) is 1.01. The highest BCUT2D eigenvalue weighted by atomic mass is 16.5. The first-order valence-electron chi connectivity index (χ1n) is 22.6. The molecule has 2 heteroatoms. The van der Waals surface area contributed by atoms with Crippen molar-refractivity contribution >= 4 is 5.57 Å². The van der Waals surface area contributed by atoms with Crippen LogP contribution in [0.25, 0.3) is 16.7 Å². The largest absolute Gasteiger partial charge is 0.494 e. The molecule has 0 aliphatic heterocycles. The van der Waals surface area contributed by atoms with Gasteiger partial charge in [0.15, 0.2) is 0 Å². The molecule has 0 unspecified atom stereocenters. The highest BCUT2D eigenvalue weighted by molar-refractivity contribution is 5.75. The number of aliphatic hydroxyl groups excluding tert-OH is 1. The molecule has 0 spiro atoms. The van der Waals surface area contributed by atoms with E-state index in [1.54, 1.807) is 0 Å². The van der Waals surface area contributed by atoms with Crippen LogP contribution in [0.4, 0.5) is 0 Å². The summed E-state index contributed by atoms with van der Waals surface area (Å²) in [6.07, 6.45) is 29.3. The SMILES string of the molecule is C#C.C1CCC1.CC.CCC.CCC.CCCC.CCCCCCOc1cc(C)c(-c2cccc(CC)c2C)c(C)c1.CCCc1ccc(/C(C)=C/CO)cc1. The average molecular weight is 773 g/mol.